The molecule has 2 aromatic rings. The van der Waals surface area contributed by atoms with E-state index in [1.54, 1.807) is 24.3 Å². The SMILES string of the molecule is O=S(=O)(Cc1ccc(CO)cc1)Nc1ccc(F)cc1Br. The normalized spacial score (nSPS) is 11.4. The van der Waals surface area contributed by atoms with Crippen molar-refractivity contribution in [2.75, 3.05) is 4.72 Å². The number of aliphatic hydroxyl groups is 1. The Labute approximate surface area is 130 Å². The number of rotatable bonds is 5. The lowest BCUT2D eigenvalue weighted by Gasteiger charge is -2.10. The summed E-state index contributed by atoms with van der Waals surface area (Å²) < 4.78 is 39.9. The molecule has 0 aliphatic carbocycles. The molecule has 0 aliphatic rings. The molecule has 2 rings (SSSR count). The Balaban J connectivity index is 2.14. The average molecular weight is 374 g/mol. The van der Waals surface area contributed by atoms with Gasteiger partial charge in [0, 0.05) is 4.47 Å². The summed E-state index contributed by atoms with van der Waals surface area (Å²) in [5.41, 5.74) is 1.59. The molecule has 0 spiro atoms. The van der Waals surface area contributed by atoms with Gasteiger partial charge in [-0.05, 0) is 45.3 Å². The third-order valence-corrected chi connectivity index (χ3v) is 4.66. The van der Waals surface area contributed by atoms with Gasteiger partial charge < -0.3 is 5.11 Å². The van der Waals surface area contributed by atoms with Crippen molar-refractivity contribution in [2.24, 2.45) is 0 Å². The average Bonchev–Trinajstić information content (AvgIpc) is 2.42. The molecule has 0 atom stereocenters. The lowest BCUT2D eigenvalue weighted by atomic mass is 10.2. The van der Waals surface area contributed by atoms with Crippen molar-refractivity contribution in [3.8, 4) is 0 Å². The predicted octanol–water partition coefficient (Wildman–Crippen LogP) is 3.02. The van der Waals surface area contributed by atoms with Crippen LogP contribution in [-0.2, 0) is 22.4 Å². The van der Waals surface area contributed by atoms with Gasteiger partial charge in [-0.3, -0.25) is 4.72 Å². The fraction of sp³-hybridized carbons (Fsp3) is 0.143. The molecule has 0 amide bonds. The molecule has 0 heterocycles. The van der Waals surface area contributed by atoms with Gasteiger partial charge in [0.15, 0.2) is 0 Å². The van der Waals surface area contributed by atoms with E-state index in [2.05, 4.69) is 20.7 Å². The second-order valence-electron chi connectivity index (χ2n) is 4.46. The van der Waals surface area contributed by atoms with Crippen LogP contribution in [-0.4, -0.2) is 13.5 Å². The van der Waals surface area contributed by atoms with E-state index in [-0.39, 0.29) is 18.0 Å². The molecule has 0 fully saturated rings. The standard InChI is InChI=1S/C14H13BrFNO3S/c15-13-7-12(16)5-6-14(13)17-21(19,20)9-11-3-1-10(8-18)2-4-11/h1-7,17-18H,8-9H2. The van der Waals surface area contributed by atoms with Crippen LogP contribution in [0.2, 0.25) is 0 Å². The summed E-state index contributed by atoms with van der Waals surface area (Å²) >= 11 is 3.11. The second kappa shape index (κ2) is 6.55. The van der Waals surface area contributed by atoms with Crippen LogP contribution in [0, 0.1) is 5.82 Å². The molecule has 112 valence electrons. The molecule has 7 heteroatoms. The van der Waals surface area contributed by atoms with E-state index in [1.165, 1.54) is 18.2 Å². The van der Waals surface area contributed by atoms with Crippen LogP contribution in [0.3, 0.4) is 0 Å². The number of aliphatic hydroxyl groups excluding tert-OH is 1. The van der Waals surface area contributed by atoms with E-state index in [4.69, 9.17) is 5.11 Å². The molecule has 0 unspecified atom stereocenters. The number of sulfonamides is 1. The molecule has 21 heavy (non-hydrogen) atoms. The van der Waals surface area contributed by atoms with Crippen LogP contribution in [0.1, 0.15) is 11.1 Å². The highest BCUT2D eigenvalue weighted by molar-refractivity contribution is 9.10. The number of nitrogens with one attached hydrogen (secondary N) is 1. The zero-order chi connectivity index (χ0) is 15.5. The highest BCUT2D eigenvalue weighted by Crippen LogP contribution is 2.24. The summed E-state index contributed by atoms with van der Waals surface area (Å²) in [4.78, 5) is 0. The molecular weight excluding hydrogens is 361 g/mol. The Morgan fingerprint density at radius 1 is 1.10 bits per heavy atom. The first-order chi connectivity index (χ1) is 9.89. The maximum absolute atomic E-state index is 13.0. The minimum atomic E-state index is -3.61. The number of hydrogen-bond acceptors (Lipinski definition) is 3. The summed E-state index contributed by atoms with van der Waals surface area (Å²) in [5, 5.41) is 8.94. The van der Waals surface area contributed by atoms with Gasteiger partial charge in [-0.2, -0.15) is 0 Å². The number of halogens is 2. The highest BCUT2D eigenvalue weighted by Gasteiger charge is 2.14. The van der Waals surface area contributed by atoms with Gasteiger partial charge in [0.2, 0.25) is 10.0 Å². The van der Waals surface area contributed by atoms with Crippen LogP contribution in [0.5, 0.6) is 0 Å². The van der Waals surface area contributed by atoms with Crippen molar-refractivity contribution in [2.45, 2.75) is 12.4 Å². The largest absolute Gasteiger partial charge is 0.392 e. The molecular formula is C14H13BrFNO3S. The first-order valence-electron chi connectivity index (χ1n) is 6.04. The maximum Gasteiger partial charge on any atom is 0.236 e. The van der Waals surface area contributed by atoms with Gasteiger partial charge in [0.05, 0.1) is 18.0 Å². The summed E-state index contributed by atoms with van der Waals surface area (Å²) in [6.07, 6.45) is 0. The van der Waals surface area contributed by atoms with Crippen molar-refractivity contribution >= 4 is 31.6 Å². The lowest BCUT2D eigenvalue weighted by molar-refractivity contribution is 0.282. The molecule has 0 saturated carbocycles. The van der Waals surface area contributed by atoms with E-state index in [9.17, 15) is 12.8 Å². The highest BCUT2D eigenvalue weighted by atomic mass is 79.9. The first-order valence-corrected chi connectivity index (χ1v) is 8.48. The van der Waals surface area contributed by atoms with Crippen LogP contribution in [0.25, 0.3) is 0 Å². The van der Waals surface area contributed by atoms with Gasteiger partial charge in [-0.1, -0.05) is 24.3 Å². The smallest absolute Gasteiger partial charge is 0.236 e. The minimum Gasteiger partial charge on any atom is -0.392 e. The minimum absolute atomic E-state index is 0.0895. The van der Waals surface area contributed by atoms with Crippen molar-refractivity contribution in [1.29, 1.82) is 0 Å². The van der Waals surface area contributed by atoms with E-state index >= 15 is 0 Å². The van der Waals surface area contributed by atoms with E-state index in [1.807, 2.05) is 0 Å². The molecule has 0 saturated heterocycles. The van der Waals surface area contributed by atoms with Crippen LogP contribution in [0.15, 0.2) is 46.9 Å². The third-order valence-electron chi connectivity index (χ3n) is 2.76. The predicted molar refractivity (Wildman–Crippen MR) is 82.7 cm³/mol. The van der Waals surface area contributed by atoms with E-state index in [0.29, 0.717) is 15.6 Å². The summed E-state index contributed by atoms with van der Waals surface area (Å²) in [5.74, 6) is -0.660. The van der Waals surface area contributed by atoms with E-state index in [0.717, 1.165) is 0 Å². The van der Waals surface area contributed by atoms with Gasteiger partial charge in [-0.15, -0.1) is 0 Å². The zero-order valence-corrected chi connectivity index (χ0v) is 13.3. The molecule has 0 bridgehead atoms. The van der Waals surface area contributed by atoms with Gasteiger partial charge >= 0.3 is 0 Å². The zero-order valence-electron chi connectivity index (χ0n) is 10.9. The fourth-order valence-electron chi connectivity index (χ4n) is 1.74. The Bertz CT molecular complexity index is 732. The summed E-state index contributed by atoms with van der Waals surface area (Å²) in [6.45, 7) is -0.0895. The third kappa shape index (κ3) is 4.52. The molecule has 0 aromatic heterocycles. The Morgan fingerprint density at radius 3 is 2.29 bits per heavy atom. The fourth-order valence-corrected chi connectivity index (χ4v) is 3.53. The summed E-state index contributed by atoms with van der Waals surface area (Å²) in [6, 6.07) is 10.3. The van der Waals surface area contributed by atoms with Crippen molar-refractivity contribution in [1.82, 2.24) is 0 Å². The maximum atomic E-state index is 13.0. The topological polar surface area (TPSA) is 66.4 Å². The molecule has 0 aliphatic heterocycles. The second-order valence-corrected chi connectivity index (χ2v) is 7.04. The number of benzene rings is 2. The van der Waals surface area contributed by atoms with Crippen LogP contribution in [0.4, 0.5) is 10.1 Å². The number of anilines is 1. The number of hydrogen-bond donors (Lipinski definition) is 2. The lowest BCUT2D eigenvalue weighted by Crippen LogP contribution is -2.15. The Kier molecular flexibility index (Phi) is 4.97. The van der Waals surface area contributed by atoms with Gasteiger partial charge in [-0.25, -0.2) is 12.8 Å². The molecule has 2 N–H and O–H groups in total. The van der Waals surface area contributed by atoms with E-state index < -0.39 is 15.8 Å². The van der Waals surface area contributed by atoms with Crippen LogP contribution < -0.4 is 4.72 Å². The van der Waals surface area contributed by atoms with Crippen molar-refractivity contribution in [3.63, 3.8) is 0 Å². The molecule has 4 nitrogen and oxygen atoms in total. The van der Waals surface area contributed by atoms with Crippen LogP contribution >= 0.6 is 15.9 Å². The van der Waals surface area contributed by atoms with Gasteiger partial charge in [0.25, 0.3) is 0 Å². The van der Waals surface area contributed by atoms with Gasteiger partial charge in [0.1, 0.15) is 5.82 Å². The summed E-state index contributed by atoms with van der Waals surface area (Å²) in [7, 11) is -3.61. The van der Waals surface area contributed by atoms with Crippen molar-refractivity contribution in [3.05, 3.63) is 63.9 Å². The molecule has 2 aromatic carbocycles. The Hall–Kier alpha value is -1.44. The Morgan fingerprint density at radius 2 is 1.71 bits per heavy atom. The quantitative estimate of drug-likeness (QED) is 0.846. The molecule has 0 radical (unpaired) electrons. The monoisotopic (exact) mass is 373 g/mol. The van der Waals surface area contributed by atoms with Crippen molar-refractivity contribution < 1.29 is 17.9 Å². The first kappa shape index (κ1) is 15.9.